The predicted molar refractivity (Wildman–Crippen MR) is 2.22 cm³/mol. The number of hydrogen-bond acceptors (Lipinski definition) is 0. The summed E-state index contributed by atoms with van der Waals surface area (Å²) in [5, 5.41) is 0. The minimum atomic E-state index is 0. The van der Waals surface area contributed by atoms with Crippen molar-refractivity contribution in [3.8, 4) is 0 Å². The molecule has 0 aliphatic carbocycles. The third kappa shape index (κ3) is 59.1. The van der Waals surface area contributed by atoms with Gasteiger partial charge in [0.15, 0.2) is 0 Å². The Bertz CT molecular complexity index is 11.0. The van der Waals surface area contributed by atoms with E-state index in [1.807, 2.05) is 0 Å². The second kappa shape index (κ2) is 78.9. The zero-order valence-electron chi connectivity index (χ0n) is 4.58. The van der Waals surface area contributed by atoms with Crippen LogP contribution < -0.4 is 74.4 Å². The molecule has 0 aromatic heterocycles. The normalized spacial score (nSPS) is 0. The molecule has 0 saturated heterocycles. The molecule has 0 atom stereocenters. The molecular weight excluding hydrogens is 408 g/mol. The van der Waals surface area contributed by atoms with E-state index in [1.54, 1.807) is 0 Å². The zero-order valence-corrected chi connectivity index (χ0v) is 9.39. The van der Waals surface area contributed by atoms with Gasteiger partial charge in [-0.05, 0) is 0 Å². The molecule has 0 N–H and O–H groups in total. The minimum Gasteiger partial charge on any atom is -1.00 e. The molecule has 0 aliphatic rings. The van der Waals surface area contributed by atoms with Gasteiger partial charge in [0.05, 0.1) is 0 Å². The van der Waals surface area contributed by atoms with Crippen LogP contribution in [0.2, 0.25) is 0 Å². The fourth-order valence-electron chi connectivity index (χ4n) is 0. The quantitative estimate of drug-likeness (QED) is 0.373. The van der Waals surface area contributed by atoms with Crippen LogP contribution >= 0.6 is 0 Å². The molecule has 0 radical (unpaired) electrons. The van der Waals surface area contributed by atoms with E-state index in [0.717, 1.165) is 0 Å². The van der Waals surface area contributed by atoms with Gasteiger partial charge in [0.1, 0.15) is 0 Å². The first-order chi connectivity index (χ1) is 0. The van der Waals surface area contributed by atoms with Gasteiger partial charge in [-0.2, -0.15) is 0 Å². The van der Waals surface area contributed by atoms with Gasteiger partial charge in [-0.15, -0.1) is 0 Å². The first kappa shape index (κ1) is 114. The van der Waals surface area contributed by atoms with Crippen LogP contribution in [-0.4, -0.2) is 0 Å². The minimum absolute atomic E-state index is 0. The van der Waals surface area contributed by atoms with Crippen LogP contribution in [0.4, 0.5) is 0 Å². The van der Waals surface area contributed by atoms with Gasteiger partial charge in [0.2, 0.25) is 0 Å². The summed E-state index contributed by atoms with van der Waals surface area (Å²) in [6, 6.07) is 0. The summed E-state index contributed by atoms with van der Waals surface area (Å²) in [5.74, 6) is 0. The van der Waals surface area contributed by atoms with Crippen molar-refractivity contribution in [2.24, 2.45) is 0 Å². The fraction of sp³-hybridized carbons (Fsp3) is 0. The molecule has 0 heterocycles. The molecule has 0 fully saturated rings. The monoisotopic (exact) mass is 407 g/mol. The average molecular weight is 410 g/mol. The van der Waals surface area contributed by atoms with E-state index in [1.165, 1.54) is 0 Å². The Morgan fingerprint density at radius 2 is 0.429 bits per heavy atom. The third-order valence-corrected chi connectivity index (χ3v) is 0. The van der Waals surface area contributed by atoms with E-state index in [0.29, 0.717) is 0 Å². The predicted octanol–water partition coefficient (Wildman–Crippen LogP) is -17.8. The van der Waals surface area contributed by atoms with Crippen molar-refractivity contribution in [2.75, 3.05) is 0 Å². The van der Waals surface area contributed by atoms with Crippen LogP contribution in [0.15, 0.2) is 0 Å². The molecule has 58 valence electrons. The molecule has 0 aromatic carbocycles. The fourth-order valence-corrected chi connectivity index (χ4v) is 0. The standard InChI is InChI=1S/6ClH.Pt/h6*1H;/p-4. The van der Waals surface area contributed by atoms with Crippen molar-refractivity contribution in [1.29, 1.82) is 0 Å². The van der Waals surface area contributed by atoms with Gasteiger partial charge in [0, 0.05) is 21.1 Å². The van der Waals surface area contributed by atoms with Crippen molar-refractivity contribution in [1.82, 2.24) is 0 Å². The van der Waals surface area contributed by atoms with E-state index in [9.17, 15) is 0 Å². The number of hydrogen-bond donors (Lipinski definition) is 0. The maximum absolute atomic E-state index is 0. The van der Waals surface area contributed by atoms with Crippen LogP contribution in [0.1, 0.15) is 2.85 Å². The van der Waals surface area contributed by atoms with Crippen molar-refractivity contribution < 1.29 is 98.4 Å². The summed E-state index contributed by atoms with van der Waals surface area (Å²) in [6.07, 6.45) is 0. The Hall–Kier alpha value is 2.43. The maximum Gasteiger partial charge on any atom is 1.00 e. The van der Waals surface area contributed by atoms with Crippen LogP contribution in [0.3, 0.4) is 0 Å². The molecule has 7 heteroatoms. The van der Waals surface area contributed by atoms with Crippen molar-refractivity contribution in [3.05, 3.63) is 0 Å². The molecule has 7 heavy (non-hydrogen) atoms. The first-order valence-electron chi connectivity index (χ1n) is 0. The Morgan fingerprint density at radius 1 is 0.429 bits per heavy atom. The van der Waals surface area contributed by atoms with Gasteiger partial charge in [-0.3, -0.25) is 0 Å². The van der Waals surface area contributed by atoms with Crippen LogP contribution in [-0.2, 0) is 21.1 Å². The summed E-state index contributed by atoms with van der Waals surface area (Å²) in [7, 11) is 0. The molecule has 0 aromatic rings. The maximum atomic E-state index is 0. The van der Waals surface area contributed by atoms with Crippen LogP contribution in [0.25, 0.3) is 0 Å². The Morgan fingerprint density at radius 3 is 0.429 bits per heavy atom. The molecule has 0 bridgehead atoms. The Kier molecular flexibility index (Phi) is 1280. The second-order valence-electron chi connectivity index (χ2n) is 0. The molecule has 0 amide bonds. The Balaban J connectivity index is 0. The molecular formula is H2Cl6Pt-4. The summed E-state index contributed by atoms with van der Waals surface area (Å²) in [5.41, 5.74) is 0. The van der Waals surface area contributed by atoms with E-state index in [4.69, 9.17) is 0 Å². The van der Waals surface area contributed by atoms with E-state index < -0.39 is 0 Å². The molecule has 0 saturated carbocycles. The van der Waals surface area contributed by atoms with E-state index in [-0.39, 0.29) is 98.4 Å². The van der Waals surface area contributed by atoms with Gasteiger partial charge >= 0.3 is 2.85 Å². The molecule has 0 rings (SSSR count). The van der Waals surface area contributed by atoms with E-state index in [2.05, 4.69) is 0 Å². The van der Waals surface area contributed by atoms with Crippen LogP contribution in [0, 0.1) is 0 Å². The van der Waals surface area contributed by atoms with Crippen molar-refractivity contribution in [2.45, 2.75) is 0 Å². The van der Waals surface area contributed by atoms with Gasteiger partial charge in [0.25, 0.3) is 0 Å². The van der Waals surface area contributed by atoms with Gasteiger partial charge in [-0.25, -0.2) is 0 Å². The van der Waals surface area contributed by atoms with Crippen LogP contribution in [0.5, 0.6) is 0 Å². The smallest absolute Gasteiger partial charge is 1.00 e. The second-order valence-corrected chi connectivity index (χ2v) is 0. The third-order valence-electron chi connectivity index (χ3n) is 0. The van der Waals surface area contributed by atoms with Crippen molar-refractivity contribution >= 4 is 0 Å². The first-order valence-corrected chi connectivity index (χ1v) is 0. The molecule has 0 aliphatic heterocycles. The summed E-state index contributed by atoms with van der Waals surface area (Å²) >= 11 is 0. The van der Waals surface area contributed by atoms with E-state index >= 15 is 0 Å². The zero-order chi connectivity index (χ0) is 0. The topological polar surface area (TPSA) is 0 Å². The summed E-state index contributed by atoms with van der Waals surface area (Å²) in [6.45, 7) is 0. The molecule has 0 unspecified atom stereocenters. The Labute approximate surface area is 97.6 Å². The number of rotatable bonds is 0. The largest absolute Gasteiger partial charge is 1.00 e. The summed E-state index contributed by atoms with van der Waals surface area (Å²) in [4.78, 5) is 0. The van der Waals surface area contributed by atoms with Gasteiger partial charge < -0.3 is 74.4 Å². The average Bonchev–Trinajstić information content (AvgIpc) is 0. The molecule has 0 spiro atoms. The SMILES string of the molecule is [Cl-].[Cl-].[Cl-].[Cl-].[Cl-].[Cl-].[H+].[H+].[Pt]. The molecule has 0 nitrogen and oxygen atoms in total. The van der Waals surface area contributed by atoms with Crippen molar-refractivity contribution in [3.63, 3.8) is 0 Å². The number of halogens is 6. The summed E-state index contributed by atoms with van der Waals surface area (Å²) < 4.78 is 0. The van der Waals surface area contributed by atoms with Gasteiger partial charge in [-0.1, -0.05) is 0 Å².